The van der Waals surface area contributed by atoms with Crippen LogP contribution < -0.4 is 5.73 Å². The summed E-state index contributed by atoms with van der Waals surface area (Å²) in [5, 5.41) is 8.62. The monoisotopic (exact) mass is 157 g/mol. The number of allylic oxidation sites excluding steroid dienone is 1. The lowest BCUT2D eigenvalue weighted by molar-refractivity contribution is -0.132. The minimum Gasteiger partial charge on any atom is -0.478 e. The smallest absolute Gasteiger partial charge is 0.331 e. The van der Waals surface area contributed by atoms with Gasteiger partial charge >= 0.3 is 5.97 Å². The molecule has 11 heavy (non-hydrogen) atoms. The average molecular weight is 157 g/mol. The Labute approximate surface area is 66.9 Å². The molecule has 0 aromatic rings. The molecule has 0 saturated carbocycles. The molecule has 0 aromatic heterocycles. The molecule has 0 radical (unpaired) electrons. The van der Waals surface area contributed by atoms with Crippen molar-refractivity contribution >= 4 is 5.97 Å². The number of hydrogen-bond acceptors (Lipinski definition) is 2. The summed E-state index contributed by atoms with van der Waals surface area (Å²) in [7, 11) is 0. The SMILES string of the molecule is CCC=C(CCCN)C(=O)O. The number of carboxylic acid groups (broad SMARTS) is 1. The normalized spacial score (nSPS) is 11.6. The first-order valence-corrected chi connectivity index (χ1v) is 3.84. The van der Waals surface area contributed by atoms with Gasteiger partial charge < -0.3 is 10.8 Å². The molecular weight excluding hydrogens is 142 g/mol. The van der Waals surface area contributed by atoms with E-state index in [0.717, 1.165) is 12.8 Å². The Kier molecular flexibility index (Phi) is 5.47. The van der Waals surface area contributed by atoms with Crippen molar-refractivity contribution in [2.24, 2.45) is 5.73 Å². The number of nitrogens with two attached hydrogens (primary N) is 1. The predicted octanol–water partition coefficient (Wildman–Crippen LogP) is 1.15. The van der Waals surface area contributed by atoms with E-state index in [9.17, 15) is 4.79 Å². The van der Waals surface area contributed by atoms with E-state index in [4.69, 9.17) is 10.8 Å². The third-order valence-corrected chi connectivity index (χ3v) is 1.38. The number of carboxylic acids is 1. The first-order valence-electron chi connectivity index (χ1n) is 3.84. The fraction of sp³-hybridized carbons (Fsp3) is 0.625. The summed E-state index contributed by atoms with van der Waals surface area (Å²) in [4.78, 5) is 10.5. The summed E-state index contributed by atoms with van der Waals surface area (Å²) in [6.07, 6.45) is 3.84. The van der Waals surface area contributed by atoms with Gasteiger partial charge in [-0.05, 0) is 25.8 Å². The van der Waals surface area contributed by atoms with Crippen molar-refractivity contribution < 1.29 is 9.90 Å². The third-order valence-electron chi connectivity index (χ3n) is 1.38. The van der Waals surface area contributed by atoms with E-state index >= 15 is 0 Å². The topological polar surface area (TPSA) is 63.3 Å². The van der Waals surface area contributed by atoms with Gasteiger partial charge in [-0.15, -0.1) is 0 Å². The summed E-state index contributed by atoms with van der Waals surface area (Å²) in [5.41, 5.74) is 5.74. The Morgan fingerprint density at radius 3 is 2.64 bits per heavy atom. The Balaban J connectivity index is 3.90. The molecule has 0 aliphatic rings. The van der Waals surface area contributed by atoms with E-state index < -0.39 is 5.97 Å². The Bertz CT molecular complexity index is 152. The molecule has 3 nitrogen and oxygen atoms in total. The highest BCUT2D eigenvalue weighted by Gasteiger charge is 2.04. The largest absolute Gasteiger partial charge is 0.478 e. The number of carbonyl (C=O) groups is 1. The summed E-state index contributed by atoms with van der Waals surface area (Å²) in [6.45, 7) is 2.47. The molecule has 0 atom stereocenters. The van der Waals surface area contributed by atoms with Crippen LogP contribution in [0.5, 0.6) is 0 Å². The Morgan fingerprint density at radius 1 is 1.64 bits per heavy atom. The molecule has 0 heterocycles. The maximum absolute atomic E-state index is 10.5. The zero-order valence-electron chi connectivity index (χ0n) is 6.84. The first-order chi connectivity index (χ1) is 5.22. The molecule has 3 heteroatoms. The second kappa shape index (κ2) is 5.92. The van der Waals surface area contributed by atoms with Crippen molar-refractivity contribution in [3.8, 4) is 0 Å². The number of hydrogen-bond donors (Lipinski definition) is 2. The summed E-state index contributed by atoms with van der Waals surface area (Å²) in [6, 6.07) is 0. The highest BCUT2D eigenvalue weighted by molar-refractivity contribution is 5.86. The van der Waals surface area contributed by atoms with Crippen LogP contribution in [0.3, 0.4) is 0 Å². The highest BCUT2D eigenvalue weighted by Crippen LogP contribution is 2.05. The van der Waals surface area contributed by atoms with Crippen molar-refractivity contribution in [1.29, 1.82) is 0 Å². The van der Waals surface area contributed by atoms with Crippen LogP contribution >= 0.6 is 0 Å². The minimum atomic E-state index is -0.819. The van der Waals surface area contributed by atoms with Crippen molar-refractivity contribution in [2.45, 2.75) is 26.2 Å². The maximum atomic E-state index is 10.5. The van der Waals surface area contributed by atoms with Crippen LogP contribution in [0, 0.1) is 0 Å². The van der Waals surface area contributed by atoms with Gasteiger partial charge in [0.15, 0.2) is 0 Å². The van der Waals surface area contributed by atoms with E-state index in [1.54, 1.807) is 6.08 Å². The number of rotatable bonds is 5. The summed E-state index contributed by atoms with van der Waals surface area (Å²) >= 11 is 0. The van der Waals surface area contributed by atoms with Crippen LogP contribution in [0.4, 0.5) is 0 Å². The summed E-state index contributed by atoms with van der Waals surface area (Å²) < 4.78 is 0. The van der Waals surface area contributed by atoms with Crippen LogP contribution in [0.15, 0.2) is 11.6 Å². The van der Waals surface area contributed by atoms with Gasteiger partial charge in [-0.1, -0.05) is 13.0 Å². The van der Waals surface area contributed by atoms with E-state index in [2.05, 4.69) is 0 Å². The Morgan fingerprint density at radius 2 is 2.27 bits per heavy atom. The van der Waals surface area contributed by atoms with Gasteiger partial charge in [0.1, 0.15) is 0 Å². The molecule has 0 fully saturated rings. The van der Waals surface area contributed by atoms with Crippen LogP contribution in [0.2, 0.25) is 0 Å². The molecule has 64 valence electrons. The maximum Gasteiger partial charge on any atom is 0.331 e. The first kappa shape index (κ1) is 10.2. The van der Waals surface area contributed by atoms with Gasteiger partial charge in [-0.25, -0.2) is 4.79 Å². The molecule has 0 bridgehead atoms. The Hall–Kier alpha value is -0.830. The highest BCUT2D eigenvalue weighted by atomic mass is 16.4. The van der Waals surface area contributed by atoms with Crippen molar-refractivity contribution in [1.82, 2.24) is 0 Å². The molecule has 0 aliphatic heterocycles. The van der Waals surface area contributed by atoms with Crippen molar-refractivity contribution in [3.63, 3.8) is 0 Å². The van der Waals surface area contributed by atoms with E-state index in [-0.39, 0.29) is 0 Å². The molecule has 0 saturated heterocycles. The van der Waals surface area contributed by atoms with Gasteiger partial charge in [-0.3, -0.25) is 0 Å². The van der Waals surface area contributed by atoms with E-state index in [1.165, 1.54) is 0 Å². The lowest BCUT2D eigenvalue weighted by atomic mass is 10.1. The molecular formula is C8H15NO2. The van der Waals surface area contributed by atoms with Crippen LogP contribution in [0.1, 0.15) is 26.2 Å². The standard InChI is InChI=1S/C8H15NO2/c1-2-4-7(8(10)11)5-3-6-9/h4H,2-3,5-6,9H2,1H3,(H,10,11). The van der Waals surface area contributed by atoms with Crippen molar-refractivity contribution in [2.75, 3.05) is 6.54 Å². The zero-order valence-corrected chi connectivity index (χ0v) is 6.84. The number of aliphatic carboxylic acids is 1. The van der Waals surface area contributed by atoms with Crippen LogP contribution in [0.25, 0.3) is 0 Å². The molecule has 0 rings (SSSR count). The predicted molar refractivity (Wildman–Crippen MR) is 44.3 cm³/mol. The fourth-order valence-electron chi connectivity index (χ4n) is 0.835. The second-order valence-corrected chi connectivity index (χ2v) is 2.33. The van der Waals surface area contributed by atoms with Crippen molar-refractivity contribution in [3.05, 3.63) is 11.6 Å². The lowest BCUT2D eigenvalue weighted by Gasteiger charge is -1.98. The molecule has 0 spiro atoms. The fourth-order valence-corrected chi connectivity index (χ4v) is 0.835. The summed E-state index contributed by atoms with van der Waals surface area (Å²) in [5.74, 6) is -0.819. The zero-order chi connectivity index (χ0) is 8.69. The third kappa shape index (κ3) is 4.56. The molecule has 0 amide bonds. The lowest BCUT2D eigenvalue weighted by Crippen LogP contribution is -2.04. The van der Waals surface area contributed by atoms with Crippen LogP contribution in [-0.2, 0) is 4.79 Å². The van der Waals surface area contributed by atoms with Gasteiger partial charge in [0.25, 0.3) is 0 Å². The molecule has 0 unspecified atom stereocenters. The quantitative estimate of drug-likeness (QED) is 0.588. The van der Waals surface area contributed by atoms with E-state index in [0.29, 0.717) is 18.5 Å². The van der Waals surface area contributed by atoms with Crippen LogP contribution in [-0.4, -0.2) is 17.6 Å². The molecule has 0 aromatic carbocycles. The van der Waals surface area contributed by atoms with E-state index in [1.807, 2.05) is 6.92 Å². The molecule has 0 aliphatic carbocycles. The second-order valence-electron chi connectivity index (χ2n) is 2.33. The van der Waals surface area contributed by atoms with Gasteiger partial charge in [0.2, 0.25) is 0 Å². The molecule has 3 N–H and O–H groups in total. The average Bonchev–Trinajstić information content (AvgIpc) is 1.97. The van der Waals surface area contributed by atoms with Gasteiger partial charge in [0.05, 0.1) is 0 Å². The minimum absolute atomic E-state index is 0.484. The van der Waals surface area contributed by atoms with Gasteiger partial charge in [-0.2, -0.15) is 0 Å². The van der Waals surface area contributed by atoms with Gasteiger partial charge in [0, 0.05) is 5.57 Å².